The minimum absolute atomic E-state index is 0.0142. The normalized spacial score (nSPS) is 17.3. The molecule has 0 bridgehead atoms. The van der Waals surface area contributed by atoms with E-state index in [1.54, 1.807) is 16.7 Å². The number of hydrogen-bond acceptors (Lipinski definition) is 3. The van der Waals surface area contributed by atoms with E-state index in [1.807, 2.05) is 19.1 Å². The molecule has 0 aliphatic carbocycles. The highest BCUT2D eigenvalue weighted by Crippen LogP contribution is 2.26. The number of likely N-dealkylation sites (tertiary alicyclic amines) is 1. The summed E-state index contributed by atoms with van der Waals surface area (Å²) in [6.45, 7) is 5.51. The topological polar surface area (TPSA) is 54.3 Å². The van der Waals surface area contributed by atoms with Crippen LogP contribution in [-0.4, -0.2) is 41.6 Å². The molecule has 26 heavy (non-hydrogen) atoms. The molecular formula is C21H27N3O2. The van der Waals surface area contributed by atoms with E-state index in [4.69, 9.17) is 0 Å². The Morgan fingerprint density at radius 3 is 2.73 bits per heavy atom. The second kappa shape index (κ2) is 8.81. The molecule has 138 valence electrons. The zero-order chi connectivity index (χ0) is 18.4. The van der Waals surface area contributed by atoms with Gasteiger partial charge in [-0.3, -0.25) is 14.5 Å². The van der Waals surface area contributed by atoms with Crippen molar-refractivity contribution in [2.45, 2.75) is 32.2 Å². The molecule has 1 N–H and O–H groups in total. The highest BCUT2D eigenvalue weighted by molar-refractivity contribution is 5.78. The predicted molar refractivity (Wildman–Crippen MR) is 103 cm³/mol. The first-order chi connectivity index (χ1) is 12.6. The number of amides is 1. The van der Waals surface area contributed by atoms with Crippen LogP contribution in [0.4, 0.5) is 0 Å². The molecule has 2 heterocycles. The van der Waals surface area contributed by atoms with Crippen molar-refractivity contribution < 1.29 is 4.79 Å². The Balaban J connectivity index is 1.38. The highest BCUT2D eigenvalue weighted by Gasteiger charge is 2.24. The second-order valence-electron chi connectivity index (χ2n) is 6.99. The van der Waals surface area contributed by atoms with Crippen molar-refractivity contribution in [2.24, 2.45) is 0 Å². The lowest BCUT2D eigenvalue weighted by Gasteiger charge is -2.16. The lowest BCUT2D eigenvalue weighted by molar-refractivity contribution is -0.122. The third kappa shape index (κ3) is 4.82. The summed E-state index contributed by atoms with van der Waals surface area (Å²) < 4.78 is 1.75. The van der Waals surface area contributed by atoms with Gasteiger partial charge < -0.3 is 9.88 Å². The van der Waals surface area contributed by atoms with Gasteiger partial charge in [0.15, 0.2) is 0 Å². The summed E-state index contributed by atoms with van der Waals surface area (Å²) in [5.41, 5.74) is 2.33. The molecule has 1 aromatic heterocycles. The van der Waals surface area contributed by atoms with Gasteiger partial charge in [0.2, 0.25) is 5.91 Å². The lowest BCUT2D eigenvalue weighted by Crippen LogP contribution is -2.36. The van der Waals surface area contributed by atoms with Gasteiger partial charge in [-0.1, -0.05) is 36.4 Å². The standard InChI is InChI=1S/C21H27N3O2/c1-17-7-5-10-21(26)24(17)13-6-12-22-20(25)16-23-14-11-19(15-23)18-8-3-2-4-9-18/h2-5,7-10,19H,6,11-16H2,1H3,(H,22,25)/t19-/m0/s1. The Bertz CT molecular complexity index is 785. The van der Waals surface area contributed by atoms with Crippen LogP contribution in [0.2, 0.25) is 0 Å². The van der Waals surface area contributed by atoms with Crippen LogP contribution < -0.4 is 10.9 Å². The van der Waals surface area contributed by atoms with E-state index in [2.05, 4.69) is 34.5 Å². The second-order valence-corrected chi connectivity index (χ2v) is 6.99. The molecule has 1 aliphatic rings. The molecule has 1 aliphatic heterocycles. The Morgan fingerprint density at radius 1 is 1.15 bits per heavy atom. The van der Waals surface area contributed by atoms with Crippen LogP contribution in [0.25, 0.3) is 0 Å². The van der Waals surface area contributed by atoms with Crippen LogP contribution in [0.5, 0.6) is 0 Å². The third-order valence-electron chi connectivity index (χ3n) is 5.06. The number of hydrogen-bond donors (Lipinski definition) is 1. The Labute approximate surface area is 154 Å². The quantitative estimate of drug-likeness (QED) is 0.776. The van der Waals surface area contributed by atoms with Crippen LogP contribution >= 0.6 is 0 Å². The van der Waals surface area contributed by atoms with Crippen LogP contribution in [0.15, 0.2) is 53.3 Å². The van der Waals surface area contributed by atoms with E-state index in [9.17, 15) is 9.59 Å². The van der Waals surface area contributed by atoms with Crippen LogP contribution in [0, 0.1) is 6.92 Å². The number of pyridine rings is 1. The number of nitrogens with one attached hydrogen (secondary N) is 1. The van der Waals surface area contributed by atoms with Gasteiger partial charge in [0.05, 0.1) is 6.54 Å². The number of carbonyl (C=O) groups is 1. The van der Waals surface area contributed by atoms with Gasteiger partial charge in [-0.25, -0.2) is 0 Å². The third-order valence-corrected chi connectivity index (χ3v) is 5.06. The molecule has 2 aromatic rings. The maximum absolute atomic E-state index is 12.2. The Morgan fingerprint density at radius 2 is 1.96 bits per heavy atom. The first-order valence-electron chi connectivity index (χ1n) is 9.34. The summed E-state index contributed by atoms with van der Waals surface area (Å²) >= 11 is 0. The summed E-state index contributed by atoms with van der Waals surface area (Å²) in [6, 6.07) is 15.8. The van der Waals surface area contributed by atoms with Gasteiger partial charge in [-0.2, -0.15) is 0 Å². The van der Waals surface area contributed by atoms with Gasteiger partial charge in [-0.05, 0) is 43.9 Å². The number of aryl methyl sites for hydroxylation is 1. The van der Waals surface area contributed by atoms with E-state index in [0.29, 0.717) is 25.6 Å². The molecular weight excluding hydrogens is 326 g/mol. The van der Waals surface area contributed by atoms with Crippen molar-refractivity contribution in [3.63, 3.8) is 0 Å². The minimum Gasteiger partial charge on any atom is -0.355 e. The van der Waals surface area contributed by atoms with Crippen molar-refractivity contribution in [3.05, 3.63) is 70.1 Å². The zero-order valence-electron chi connectivity index (χ0n) is 15.4. The molecule has 0 saturated carbocycles. The number of rotatable bonds is 7. The first-order valence-corrected chi connectivity index (χ1v) is 9.34. The number of aromatic nitrogens is 1. The average molecular weight is 353 g/mol. The average Bonchev–Trinajstić information content (AvgIpc) is 3.10. The number of benzene rings is 1. The maximum atomic E-state index is 12.2. The van der Waals surface area contributed by atoms with Crippen LogP contribution in [0.1, 0.15) is 30.0 Å². The largest absolute Gasteiger partial charge is 0.355 e. The zero-order valence-corrected chi connectivity index (χ0v) is 15.4. The fourth-order valence-electron chi connectivity index (χ4n) is 3.61. The van der Waals surface area contributed by atoms with E-state index in [-0.39, 0.29) is 11.5 Å². The summed E-state index contributed by atoms with van der Waals surface area (Å²) in [7, 11) is 0. The van der Waals surface area contributed by atoms with Crippen molar-refractivity contribution in [2.75, 3.05) is 26.2 Å². The van der Waals surface area contributed by atoms with Crippen molar-refractivity contribution in [1.82, 2.24) is 14.8 Å². The fourth-order valence-corrected chi connectivity index (χ4v) is 3.61. The van der Waals surface area contributed by atoms with E-state index >= 15 is 0 Å². The molecule has 1 aromatic carbocycles. The molecule has 3 rings (SSSR count). The van der Waals surface area contributed by atoms with Gasteiger partial charge in [0.25, 0.3) is 5.56 Å². The van der Waals surface area contributed by atoms with Crippen molar-refractivity contribution >= 4 is 5.91 Å². The van der Waals surface area contributed by atoms with Crippen molar-refractivity contribution in [3.8, 4) is 0 Å². The van der Waals surface area contributed by atoms with Crippen molar-refractivity contribution in [1.29, 1.82) is 0 Å². The molecule has 1 saturated heterocycles. The van der Waals surface area contributed by atoms with E-state index in [0.717, 1.165) is 31.6 Å². The maximum Gasteiger partial charge on any atom is 0.250 e. The molecule has 0 radical (unpaired) electrons. The monoisotopic (exact) mass is 353 g/mol. The fraction of sp³-hybridized carbons (Fsp3) is 0.429. The summed E-state index contributed by atoms with van der Waals surface area (Å²) in [5, 5.41) is 2.98. The number of nitrogens with zero attached hydrogens (tertiary/aromatic N) is 2. The van der Waals surface area contributed by atoms with Gasteiger partial charge >= 0.3 is 0 Å². The molecule has 0 unspecified atom stereocenters. The van der Waals surface area contributed by atoms with Crippen LogP contribution in [-0.2, 0) is 11.3 Å². The van der Waals surface area contributed by atoms with Crippen LogP contribution in [0.3, 0.4) is 0 Å². The molecule has 5 nitrogen and oxygen atoms in total. The Hall–Kier alpha value is -2.40. The first kappa shape index (κ1) is 18.4. The molecule has 1 amide bonds. The SMILES string of the molecule is Cc1cccc(=O)n1CCCNC(=O)CN1CC[C@H](c2ccccc2)C1. The van der Waals surface area contributed by atoms with Gasteiger partial charge in [-0.15, -0.1) is 0 Å². The van der Waals surface area contributed by atoms with Gasteiger partial charge in [0, 0.05) is 31.4 Å². The summed E-state index contributed by atoms with van der Waals surface area (Å²) in [4.78, 5) is 26.2. The molecule has 0 spiro atoms. The number of carbonyl (C=O) groups excluding carboxylic acids is 1. The summed E-state index contributed by atoms with van der Waals surface area (Å²) in [6.07, 6.45) is 1.86. The highest BCUT2D eigenvalue weighted by atomic mass is 16.2. The predicted octanol–water partition coefficient (Wildman–Crippen LogP) is 2.15. The Kier molecular flexibility index (Phi) is 6.23. The smallest absolute Gasteiger partial charge is 0.250 e. The summed E-state index contributed by atoms with van der Waals surface area (Å²) in [5.74, 6) is 0.591. The van der Waals surface area contributed by atoms with E-state index in [1.165, 1.54) is 5.56 Å². The minimum atomic E-state index is 0.0142. The van der Waals surface area contributed by atoms with E-state index < -0.39 is 0 Å². The molecule has 5 heteroatoms. The molecule has 1 atom stereocenters. The molecule has 1 fully saturated rings. The lowest BCUT2D eigenvalue weighted by atomic mass is 9.99. The van der Waals surface area contributed by atoms with Gasteiger partial charge in [0.1, 0.15) is 0 Å².